The van der Waals surface area contributed by atoms with E-state index >= 15 is 0 Å². The van der Waals surface area contributed by atoms with Gasteiger partial charge in [0, 0.05) is 9.35 Å². The van der Waals surface area contributed by atoms with Crippen molar-refractivity contribution in [3.8, 4) is 0 Å². The molecule has 2 nitrogen and oxygen atoms in total. The third kappa shape index (κ3) is 2.47. The number of thiophene rings is 1. The van der Waals surface area contributed by atoms with Gasteiger partial charge < -0.3 is 9.52 Å². The standard InChI is InChI=1S/C9H5Br2ClO2S/c10-4-3-6(15-9(4)11)8(13)5-1-2-7(12)14-5/h1-3,8,13H. The molecule has 0 aliphatic heterocycles. The molecule has 2 aromatic rings. The molecule has 0 aliphatic carbocycles. The summed E-state index contributed by atoms with van der Waals surface area (Å²) in [6.45, 7) is 0. The number of rotatable bonds is 2. The average Bonchev–Trinajstić information content (AvgIpc) is 2.74. The van der Waals surface area contributed by atoms with Gasteiger partial charge in [0.05, 0.1) is 3.79 Å². The van der Waals surface area contributed by atoms with Gasteiger partial charge in [0.1, 0.15) is 11.9 Å². The lowest BCUT2D eigenvalue weighted by Crippen LogP contribution is -1.93. The van der Waals surface area contributed by atoms with Crippen LogP contribution in [0.2, 0.25) is 5.22 Å². The fraction of sp³-hybridized carbons (Fsp3) is 0.111. The first-order chi connectivity index (χ1) is 7.08. The summed E-state index contributed by atoms with van der Waals surface area (Å²) in [6, 6.07) is 5.11. The van der Waals surface area contributed by atoms with Gasteiger partial charge in [-0.15, -0.1) is 11.3 Å². The largest absolute Gasteiger partial charge is 0.447 e. The summed E-state index contributed by atoms with van der Waals surface area (Å²) < 4.78 is 7.00. The zero-order chi connectivity index (χ0) is 11.0. The van der Waals surface area contributed by atoms with Crippen LogP contribution in [0.1, 0.15) is 16.7 Å². The van der Waals surface area contributed by atoms with E-state index in [2.05, 4.69) is 31.9 Å². The van der Waals surface area contributed by atoms with E-state index in [9.17, 15) is 5.11 Å². The van der Waals surface area contributed by atoms with Gasteiger partial charge in [0.2, 0.25) is 0 Å². The second-order valence-corrected chi connectivity index (χ2v) is 6.44. The van der Waals surface area contributed by atoms with Gasteiger partial charge in [0.15, 0.2) is 5.22 Å². The van der Waals surface area contributed by atoms with Crippen molar-refractivity contribution in [1.82, 2.24) is 0 Å². The molecule has 15 heavy (non-hydrogen) atoms. The molecule has 0 bridgehead atoms. The number of aliphatic hydroxyl groups excluding tert-OH is 1. The fourth-order valence-electron chi connectivity index (χ4n) is 1.11. The molecule has 0 spiro atoms. The highest BCUT2D eigenvalue weighted by molar-refractivity contribution is 9.13. The number of furan rings is 1. The SMILES string of the molecule is OC(c1ccc(Cl)o1)c1cc(Br)c(Br)s1. The highest BCUT2D eigenvalue weighted by Crippen LogP contribution is 2.38. The van der Waals surface area contributed by atoms with Crippen LogP contribution in [0.3, 0.4) is 0 Å². The molecule has 2 rings (SSSR count). The third-order valence-electron chi connectivity index (χ3n) is 1.80. The summed E-state index contributed by atoms with van der Waals surface area (Å²) in [5.41, 5.74) is 0. The zero-order valence-corrected chi connectivity index (χ0v) is 12.0. The van der Waals surface area contributed by atoms with Crippen molar-refractivity contribution in [2.24, 2.45) is 0 Å². The van der Waals surface area contributed by atoms with Crippen molar-refractivity contribution in [2.75, 3.05) is 0 Å². The minimum absolute atomic E-state index is 0.277. The predicted molar refractivity (Wildman–Crippen MR) is 67.5 cm³/mol. The highest BCUT2D eigenvalue weighted by atomic mass is 79.9. The van der Waals surface area contributed by atoms with E-state index in [4.69, 9.17) is 16.0 Å². The number of hydrogen-bond donors (Lipinski definition) is 1. The lowest BCUT2D eigenvalue weighted by molar-refractivity contribution is 0.193. The highest BCUT2D eigenvalue weighted by Gasteiger charge is 2.18. The van der Waals surface area contributed by atoms with Crippen LogP contribution in [-0.4, -0.2) is 5.11 Å². The molecule has 1 unspecified atom stereocenters. The first kappa shape index (κ1) is 11.7. The molecule has 0 aromatic carbocycles. The molecule has 6 heteroatoms. The Hall–Kier alpha value is 0.190. The lowest BCUT2D eigenvalue weighted by Gasteiger charge is -2.03. The van der Waals surface area contributed by atoms with Crippen LogP contribution in [0.5, 0.6) is 0 Å². The maximum Gasteiger partial charge on any atom is 0.193 e. The Balaban J connectivity index is 2.31. The Morgan fingerprint density at radius 2 is 2.13 bits per heavy atom. The molecule has 2 heterocycles. The Bertz CT molecular complexity index is 461. The molecular weight excluding hydrogens is 367 g/mol. The average molecular weight is 372 g/mol. The second kappa shape index (κ2) is 4.59. The van der Waals surface area contributed by atoms with E-state index in [0.717, 1.165) is 13.1 Å². The third-order valence-corrected chi connectivity index (χ3v) is 5.31. The fourth-order valence-corrected chi connectivity index (χ4v) is 3.35. The molecule has 0 fully saturated rings. The van der Waals surface area contributed by atoms with Gasteiger partial charge >= 0.3 is 0 Å². The van der Waals surface area contributed by atoms with Gasteiger partial charge in [-0.2, -0.15) is 0 Å². The van der Waals surface area contributed by atoms with Crippen molar-refractivity contribution in [1.29, 1.82) is 0 Å². The van der Waals surface area contributed by atoms with E-state index in [0.29, 0.717) is 5.76 Å². The number of halogens is 3. The van der Waals surface area contributed by atoms with Crippen molar-refractivity contribution in [2.45, 2.75) is 6.10 Å². The van der Waals surface area contributed by atoms with Gasteiger partial charge in [-0.25, -0.2) is 0 Å². The van der Waals surface area contributed by atoms with Crippen LogP contribution < -0.4 is 0 Å². The summed E-state index contributed by atoms with van der Waals surface area (Å²) in [5, 5.41) is 10.2. The van der Waals surface area contributed by atoms with Gasteiger partial charge in [-0.05, 0) is 61.7 Å². The first-order valence-corrected chi connectivity index (χ1v) is 6.74. The molecule has 2 aromatic heterocycles. The molecule has 1 atom stereocenters. The summed E-state index contributed by atoms with van der Waals surface area (Å²) in [7, 11) is 0. The first-order valence-electron chi connectivity index (χ1n) is 3.96. The van der Waals surface area contributed by atoms with Crippen molar-refractivity contribution in [3.63, 3.8) is 0 Å². The maximum atomic E-state index is 9.96. The number of aliphatic hydroxyl groups is 1. The molecular formula is C9H5Br2ClO2S. The van der Waals surface area contributed by atoms with Gasteiger partial charge in [-0.1, -0.05) is 0 Å². The van der Waals surface area contributed by atoms with E-state index in [1.165, 1.54) is 11.3 Å². The molecule has 1 N–H and O–H groups in total. The van der Waals surface area contributed by atoms with Crippen LogP contribution in [0.4, 0.5) is 0 Å². The molecule has 0 aliphatic rings. The minimum atomic E-state index is -0.773. The normalized spacial score (nSPS) is 13.1. The maximum absolute atomic E-state index is 9.96. The smallest absolute Gasteiger partial charge is 0.193 e. The topological polar surface area (TPSA) is 33.4 Å². The quantitative estimate of drug-likeness (QED) is 0.836. The molecule has 0 radical (unpaired) electrons. The van der Waals surface area contributed by atoms with E-state index in [1.54, 1.807) is 12.1 Å². The molecule has 0 saturated heterocycles. The van der Waals surface area contributed by atoms with Crippen molar-refractivity contribution >= 4 is 54.8 Å². The lowest BCUT2D eigenvalue weighted by atomic mass is 10.2. The predicted octanol–water partition coefficient (Wildman–Crippen LogP) is 4.60. The van der Waals surface area contributed by atoms with Gasteiger partial charge in [0.25, 0.3) is 0 Å². The van der Waals surface area contributed by atoms with Crippen LogP contribution in [-0.2, 0) is 0 Å². The van der Waals surface area contributed by atoms with Crippen molar-refractivity contribution in [3.05, 3.63) is 42.3 Å². The Labute approximate surface area is 112 Å². The van der Waals surface area contributed by atoms with E-state index < -0.39 is 6.10 Å². The van der Waals surface area contributed by atoms with E-state index in [1.807, 2.05) is 6.07 Å². The summed E-state index contributed by atoms with van der Waals surface area (Å²) in [4.78, 5) is 0.791. The van der Waals surface area contributed by atoms with Crippen molar-refractivity contribution < 1.29 is 9.52 Å². The molecule has 80 valence electrons. The summed E-state index contributed by atoms with van der Waals surface area (Å²) in [5.74, 6) is 0.446. The molecule has 0 amide bonds. The number of hydrogen-bond acceptors (Lipinski definition) is 3. The second-order valence-electron chi connectivity index (χ2n) is 2.81. The van der Waals surface area contributed by atoms with Crippen LogP contribution in [0.25, 0.3) is 0 Å². The van der Waals surface area contributed by atoms with Crippen LogP contribution in [0, 0.1) is 0 Å². The Morgan fingerprint density at radius 3 is 2.60 bits per heavy atom. The summed E-state index contributed by atoms with van der Waals surface area (Å²) >= 11 is 13.8. The Kier molecular flexibility index (Phi) is 3.57. The minimum Gasteiger partial charge on any atom is -0.447 e. The monoisotopic (exact) mass is 370 g/mol. The van der Waals surface area contributed by atoms with Gasteiger partial charge in [-0.3, -0.25) is 0 Å². The molecule has 0 saturated carbocycles. The van der Waals surface area contributed by atoms with Crippen LogP contribution in [0.15, 0.2) is 30.9 Å². The van der Waals surface area contributed by atoms with E-state index in [-0.39, 0.29) is 5.22 Å². The Morgan fingerprint density at radius 1 is 1.40 bits per heavy atom. The van der Waals surface area contributed by atoms with Crippen LogP contribution >= 0.6 is 54.8 Å². The zero-order valence-electron chi connectivity index (χ0n) is 7.21. The summed E-state index contributed by atoms with van der Waals surface area (Å²) in [6.07, 6.45) is -0.773.